The first-order chi connectivity index (χ1) is 27.4. The van der Waals surface area contributed by atoms with Gasteiger partial charge in [-0.15, -0.1) is 0 Å². The predicted molar refractivity (Wildman–Crippen MR) is 224 cm³/mol. The van der Waals surface area contributed by atoms with E-state index >= 15 is 0 Å². The van der Waals surface area contributed by atoms with Crippen molar-refractivity contribution in [1.82, 2.24) is 5.32 Å². The second-order valence-electron chi connectivity index (χ2n) is 15.1. The normalized spacial score (nSPS) is 22.3. The van der Waals surface area contributed by atoms with Crippen LogP contribution in [0, 0.1) is 0 Å². The van der Waals surface area contributed by atoms with Crippen LogP contribution in [-0.2, 0) is 28.9 Å². The summed E-state index contributed by atoms with van der Waals surface area (Å²) < 4.78 is 47.3. The number of nitrogens with one attached hydrogen (secondary N) is 1. The van der Waals surface area contributed by atoms with Crippen LogP contribution >= 0.6 is 0 Å². The van der Waals surface area contributed by atoms with Gasteiger partial charge < -0.3 is 40.3 Å². The van der Waals surface area contributed by atoms with Crippen molar-refractivity contribution in [2.75, 3.05) is 13.2 Å². The lowest BCUT2D eigenvalue weighted by Crippen LogP contribution is -2.61. The number of rotatable bonds is 35. The van der Waals surface area contributed by atoms with E-state index in [4.69, 9.17) is 14.0 Å². The van der Waals surface area contributed by atoms with Gasteiger partial charge in [-0.05, 0) is 44.9 Å². The molecule has 1 saturated heterocycles. The van der Waals surface area contributed by atoms with Gasteiger partial charge in [0.1, 0.15) is 30.5 Å². The first-order valence-corrected chi connectivity index (χ1v) is 23.0. The van der Waals surface area contributed by atoms with Gasteiger partial charge in [-0.3, -0.25) is 9.35 Å². The fourth-order valence-electron chi connectivity index (χ4n) is 6.46. The van der Waals surface area contributed by atoms with Crippen molar-refractivity contribution in [1.29, 1.82) is 0 Å². The van der Waals surface area contributed by atoms with E-state index in [-0.39, 0.29) is 6.42 Å². The van der Waals surface area contributed by atoms with Gasteiger partial charge in [-0.1, -0.05) is 152 Å². The summed E-state index contributed by atoms with van der Waals surface area (Å²) in [5.41, 5.74) is 0. The van der Waals surface area contributed by atoms with Crippen LogP contribution in [0.1, 0.15) is 155 Å². The zero-order chi connectivity index (χ0) is 42.2. The van der Waals surface area contributed by atoms with Gasteiger partial charge in [0, 0.05) is 6.42 Å². The smallest absolute Gasteiger partial charge is 0.394 e. The molecule has 1 rings (SSSR count). The molecule has 332 valence electrons. The average molecular weight is 832 g/mol. The molecule has 0 aliphatic carbocycles. The Morgan fingerprint density at radius 2 is 1.23 bits per heavy atom. The third kappa shape index (κ3) is 26.7. The molecule has 14 heteroatoms. The maximum Gasteiger partial charge on any atom is 0.397 e. The van der Waals surface area contributed by atoms with Crippen LogP contribution in [0.15, 0.2) is 48.6 Å². The average Bonchev–Trinajstić information content (AvgIpc) is 3.18. The molecule has 0 radical (unpaired) electrons. The van der Waals surface area contributed by atoms with E-state index in [9.17, 15) is 38.7 Å². The molecule has 0 saturated carbocycles. The van der Waals surface area contributed by atoms with E-state index in [2.05, 4.69) is 41.6 Å². The van der Waals surface area contributed by atoms with E-state index in [0.29, 0.717) is 12.8 Å². The Morgan fingerprint density at radius 3 is 1.79 bits per heavy atom. The molecule has 0 aromatic carbocycles. The van der Waals surface area contributed by atoms with Gasteiger partial charge in [0.15, 0.2) is 6.29 Å². The monoisotopic (exact) mass is 832 g/mol. The topological polar surface area (TPSA) is 212 Å². The van der Waals surface area contributed by atoms with Gasteiger partial charge in [0.2, 0.25) is 5.91 Å². The molecule has 8 atom stereocenters. The minimum atomic E-state index is -5.13. The first-order valence-electron chi connectivity index (χ1n) is 21.6. The van der Waals surface area contributed by atoms with Crippen LogP contribution < -0.4 is 5.32 Å². The molecule has 0 aromatic heterocycles. The molecular formula is C43H77NO12S. The van der Waals surface area contributed by atoms with Crippen molar-refractivity contribution in [3.05, 3.63) is 48.6 Å². The molecule has 1 aliphatic heterocycles. The predicted octanol–water partition coefficient (Wildman–Crippen LogP) is 6.68. The SMILES string of the molecule is CCCCCCCC/C=C\C/C=C\CC(O)C(=O)NC(COC1OC(CO)C(O)C(OS(=O)(=O)O)C1O)C(O)/C=C/CC/C=C/CCCCCCCCCCCC. The van der Waals surface area contributed by atoms with Crippen LogP contribution in [0.3, 0.4) is 0 Å². The lowest BCUT2D eigenvalue weighted by molar-refractivity contribution is -0.298. The molecule has 13 nitrogen and oxygen atoms in total. The Bertz CT molecular complexity index is 1230. The zero-order valence-corrected chi connectivity index (χ0v) is 35.6. The van der Waals surface area contributed by atoms with Crippen molar-refractivity contribution in [3.63, 3.8) is 0 Å². The van der Waals surface area contributed by atoms with Crippen LogP contribution in [0.2, 0.25) is 0 Å². The molecular weight excluding hydrogens is 755 g/mol. The standard InChI is InChI=1S/C43H77NO12S/c1-3-5-7-9-11-13-15-17-18-19-20-22-23-25-27-29-31-36(46)35(34-54-43-40(49)41(56-57(51,52)53)39(48)38(33-45)55-43)44-42(50)37(47)32-30-28-26-24-21-16-14-12-10-8-6-4-2/h21-24,28-31,35-41,43,45-49H,3-20,25-27,32-34H2,1-2H3,(H,44,50)(H,51,52,53)/b23-22+,24-21-,30-28-,31-29+. The highest BCUT2D eigenvalue weighted by molar-refractivity contribution is 7.80. The van der Waals surface area contributed by atoms with Gasteiger partial charge in [0.25, 0.3) is 0 Å². The van der Waals surface area contributed by atoms with Crippen molar-refractivity contribution in [3.8, 4) is 0 Å². The van der Waals surface area contributed by atoms with Crippen LogP contribution in [0.5, 0.6) is 0 Å². The van der Waals surface area contributed by atoms with Crippen LogP contribution in [0.4, 0.5) is 0 Å². The number of aliphatic hydroxyl groups excluding tert-OH is 5. The Morgan fingerprint density at radius 1 is 0.719 bits per heavy atom. The summed E-state index contributed by atoms with van der Waals surface area (Å²) in [6.07, 6.45) is 28.0. The molecule has 57 heavy (non-hydrogen) atoms. The highest BCUT2D eigenvalue weighted by Crippen LogP contribution is 2.26. The van der Waals surface area contributed by atoms with E-state index in [1.807, 2.05) is 12.2 Å². The number of carbonyl (C=O) groups is 1. The molecule has 0 aromatic rings. The maximum absolute atomic E-state index is 13.0. The molecule has 0 spiro atoms. The Labute approximate surface area is 343 Å². The largest absolute Gasteiger partial charge is 0.397 e. The third-order valence-corrected chi connectivity index (χ3v) is 10.4. The fraction of sp³-hybridized carbons (Fsp3) is 0.791. The number of hydrogen-bond donors (Lipinski definition) is 7. The van der Waals surface area contributed by atoms with Gasteiger partial charge in [0.05, 0.1) is 25.4 Å². The number of unbranched alkanes of at least 4 members (excludes halogenated alkanes) is 17. The van der Waals surface area contributed by atoms with Crippen molar-refractivity contribution in [2.45, 2.75) is 204 Å². The second-order valence-corrected chi connectivity index (χ2v) is 16.1. The number of allylic oxidation sites excluding steroid dienone is 6. The van der Waals surface area contributed by atoms with Gasteiger partial charge >= 0.3 is 10.4 Å². The van der Waals surface area contributed by atoms with E-state index in [0.717, 1.165) is 32.1 Å². The molecule has 1 amide bonds. The summed E-state index contributed by atoms with van der Waals surface area (Å²) in [4.78, 5) is 13.0. The molecule has 1 heterocycles. The summed E-state index contributed by atoms with van der Waals surface area (Å²) in [5, 5.41) is 54.9. The van der Waals surface area contributed by atoms with Gasteiger partial charge in [-0.25, -0.2) is 4.18 Å². The maximum atomic E-state index is 13.0. The highest BCUT2D eigenvalue weighted by atomic mass is 32.3. The third-order valence-electron chi connectivity index (χ3n) is 9.95. The lowest BCUT2D eigenvalue weighted by Gasteiger charge is -2.41. The summed E-state index contributed by atoms with van der Waals surface area (Å²) in [6.45, 7) is 3.12. The molecule has 0 bridgehead atoms. The molecule has 8 unspecified atom stereocenters. The van der Waals surface area contributed by atoms with Crippen molar-refractivity contribution in [2.24, 2.45) is 0 Å². The fourth-order valence-corrected chi connectivity index (χ4v) is 6.97. The second kappa shape index (κ2) is 33.8. The zero-order valence-electron chi connectivity index (χ0n) is 34.7. The van der Waals surface area contributed by atoms with Crippen LogP contribution in [0.25, 0.3) is 0 Å². The minimum Gasteiger partial charge on any atom is -0.394 e. The van der Waals surface area contributed by atoms with Crippen molar-refractivity contribution >= 4 is 16.3 Å². The quantitative estimate of drug-likeness (QED) is 0.0203. The number of amides is 1. The number of hydrogen-bond acceptors (Lipinski definition) is 11. The number of ether oxygens (including phenoxy) is 2. The number of carbonyl (C=O) groups excluding carboxylic acids is 1. The Hall–Kier alpha value is -1.98. The van der Waals surface area contributed by atoms with E-state index in [1.54, 1.807) is 12.2 Å². The Kier molecular flexibility index (Phi) is 31.5. The molecule has 7 N–H and O–H groups in total. The summed E-state index contributed by atoms with van der Waals surface area (Å²) in [5.74, 6) is -0.782. The summed E-state index contributed by atoms with van der Waals surface area (Å²) in [7, 11) is -5.13. The summed E-state index contributed by atoms with van der Waals surface area (Å²) >= 11 is 0. The minimum absolute atomic E-state index is 0.0250. The van der Waals surface area contributed by atoms with E-state index < -0.39 is 78.5 Å². The molecule has 1 aliphatic rings. The molecule has 1 fully saturated rings. The number of aliphatic hydroxyl groups is 5. The van der Waals surface area contributed by atoms with Gasteiger partial charge in [-0.2, -0.15) is 8.42 Å². The lowest BCUT2D eigenvalue weighted by atomic mass is 9.99. The first kappa shape index (κ1) is 53.0. The summed E-state index contributed by atoms with van der Waals surface area (Å²) in [6, 6.07) is -1.17. The van der Waals surface area contributed by atoms with E-state index in [1.165, 1.54) is 96.0 Å². The Balaban J connectivity index is 2.72. The van der Waals surface area contributed by atoms with Crippen LogP contribution in [-0.4, -0.2) is 107 Å². The van der Waals surface area contributed by atoms with Crippen molar-refractivity contribution < 1.29 is 57.0 Å². The highest BCUT2D eigenvalue weighted by Gasteiger charge is 2.48.